The van der Waals surface area contributed by atoms with Crippen LogP contribution in [0.3, 0.4) is 0 Å². The van der Waals surface area contributed by atoms with Crippen LogP contribution < -0.4 is 5.32 Å². The number of nitrogens with zero attached hydrogens (tertiary/aromatic N) is 2. The van der Waals surface area contributed by atoms with Gasteiger partial charge in [0.05, 0.1) is 4.92 Å². The molecule has 0 aliphatic carbocycles. The number of nitrogens with one attached hydrogen (secondary N) is 1. The SMILES string of the molecule is N#Cc1ccc(NCc2ccsc2)cc1[N+](=O)[O-]. The van der Waals surface area contributed by atoms with Gasteiger partial charge in [0.1, 0.15) is 11.6 Å². The highest BCUT2D eigenvalue weighted by Gasteiger charge is 2.13. The molecule has 0 radical (unpaired) electrons. The first-order valence-electron chi connectivity index (χ1n) is 5.14. The van der Waals surface area contributed by atoms with Gasteiger partial charge in [0, 0.05) is 18.3 Å². The second-order valence-electron chi connectivity index (χ2n) is 3.59. The maximum Gasteiger partial charge on any atom is 0.289 e. The summed E-state index contributed by atoms with van der Waals surface area (Å²) >= 11 is 1.60. The number of nitro groups is 1. The zero-order chi connectivity index (χ0) is 13.0. The van der Waals surface area contributed by atoms with Gasteiger partial charge in [-0.2, -0.15) is 16.6 Å². The number of rotatable bonds is 4. The normalized spacial score (nSPS) is 9.72. The number of hydrogen-bond donors (Lipinski definition) is 1. The first-order valence-corrected chi connectivity index (χ1v) is 6.08. The summed E-state index contributed by atoms with van der Waals surface area (Å²) in [6.07, 6.45) is 0. The molecule has 5 nitrogen and oxygen atoms in total. The Hall–Kier alpha value is -2.39. The number of benzene rings is 1. The van der Waals surface area contributed by atoms with Crippen molar-refractivity contribution in [3.8, 4) is 6.07 Å². The van der Waals surface area contributed by atoms with Crippen molar-refractivity contribution in [1.29, 1.82) is 5.26 Å². The second kappa shape index (κ2) is 5.29. The van der Waals surface area contributed by atoms with Gasteiger partial charge in [-0.05, 0) is 34.5 Å². The molecule has 1 aromatic heterocycles. The third-order valence-electron chi connectivity index (χ3n) is 2.39. The van der Waals surface area contributed by atoms with E-state index in [1.165, 1.54) is 12.1 Å². The van der Waals surface area contributed by atoms with E-state index in [0.717, 1.165) is 5.56 Å². The fraction of sp³-hybridized carbons (Fsp3) is 0.0833. The van der Waals surface area contributed by atoms with Crippen LogP contribution in [0, 0.1) is 21.4 Å². The lowest BCUT2D eigenvalue weighted by atomic mass is 10.1. The Morgan fingerprint density at radius 2 is 2.28 bits per heavy atom. The van der Waals surface area contributed by atoms with Crippen molar-refractivity contribution >= 4 is 22.7 Å². The molecule has 18 heavy (non-hydrogen) atoms. The van der Waals surface area contributed by atoms with Crippen LogP contribution in [0.2, 0.25) is 0 Å². The number of nitro benzene ring substituents is 1. The smallest absolute Gasteiger partial charge is 0.289 e. The van der Waals surface area contributed by atoms with Gasteiger partial charge in [-0.1, -0.05) is 0 Å². The third kappa shape index (κ3) is 2.64. The molecule has 0 atom stereocenters. The average molecular weight is 259 g/mol. The third-order valence-corrected chi connectivity index (χ3v) is 3.12. The van der Waals surface area contributed by atoms with Gasteiger partial charge in [0.25, 0.3) is 5.69 Å². The van der Waals surface area contributed by atoms with Crippen molar-refractivity contribution in [1.82, 2.24) is 0 Å². The molecule has 0 unspecified atom stereocenters. The molecule has 1 aromatic carbocycles. The monoisotopic (exact) mass is 259 g/mol. The van der Waals surface area contributed by atoms with Crippen LogP contribution in [0.4, 0.5) is 11.4 Å². The van der Waals surface area contributed by atoms with Crippen LogP contribution in [-0.4, -0.2) is 4.92 Å². The van der Waals surface area contributed by atoms with Crippen molar-refractivity contribution in [2.45, 2.75) is 6.54 Å². The first-order chi connectivity index (χ1) is 8.70. The van der Waals surface area contributed by atoms with Crippen LogP contribution >= 0.6 is 11.3 Å². The topological polar surface area (TPSA) is 79.0 Å². The minimum atomic E-state index is -0.547. The fourth-order valence-electron chi connectivity index (χ4n) is 1.48. The standard InChI is InChI=1S/C12H9N3O2S/c13-6-10-1-2-11(5-12(10)15(16)17)14-7-9-3-4-18-8-9/h1-5,8,14H,7H2. The highest BCUT2D eigenvalue weighted by atomic mass is 32.1. The van der Waals surface area contributed by atoms with Crippen molar-refractivity contribution in [2.24, 2.45) is 0 Å². The molecule has 2 rings (SSSR count). The van der Waals surface area contributed by atoms with Gasteiger partial charge in [-0.25, -0.2) is 0 Å². The molecule has 1 N–H and O–H groups in total. The predicted molar refractivity (Wildman–Crippen MR) is 69.5 cm³/mol. The van der Waals surface area contributed by atoms with E-state index in [4.69, 9.17) is 5.26 Å². The van der Waals surface area contributed by atoms with Crippen molar-refractivity contribution in [2.75, 3.05) is 5.32 Å². The lowest BCUT2D eigenvalue weighted by Gasteiger charge is -2.05. The molecule has 0 aliphatic rings. The van der Waals surface area contributed by atoms with Crippen molar-refractivity contribution in [3.05, 3.63) is 56.3 Å². The lowest BCUT2D eigenvalue weighted by Crippen LogP contribution is -2.00. The summed E-state index contributed by atoms with van der Waals surface area (Å²) in [6.45, 7) is 0.604. The summed E-state index contributed by atoms with van der Waals surface area (Å²) in [5.41, 5.74) is 1.65. The van der Waals surface area contributed by atoms with Gasteiger partial charge < -0.3 is 5.32 Å². The van der Waals surface area contributed by atoms with E-state index in [-0.39, 0.29) is 11.3 Å². The van der Waals surface area contributed by atoms with E-state index in [0.29, 0.717) is 12.2 Å². The second-order valence-corrected chi connectivity index (χ2v) is 4.37. The summed E-state index contributed by atoms with van der Waals surface area (Å²) < 4.78 is 0. The summed E-state index contributed by atoms with van der Waals surface area (Å²) in [6, 6.07) is 8.28. The van der Waals surface area contributed by atoms with Crippen LogP contribution in [0.15, 0.2) is 35.0 Å². The van der Waals surface area contributed by atoms with Crippen LogP contribution in [0.25, 0.3) is 0 Å². The molecule has 0 spiro atoms. The molecular formula is C12H9N3O2S. The molecule has 6 heteroatoms. The number of anilines is 1. The quantitative estimate of drug-likeness (QED) is 0.675. The van der Waals surface area contributed by atoms with Crippen LogP contribution in [0.1, 0.15) is 11.1 Å². The van der Waals surface area contributed by atoms with Crippen LogP contribution in [-0.2, 0) is 6.54 Å². The van der Waals surface area contributed by atoms with E-state index < -0.39 is 4.92 Å². The Labute approximate surface area is 107 Å². The molecule has 0 saturated carbocycles. The maximum atomic E-state index is 10.8. The average Bonchev–Trinajstić information content (AvgIpc) is 2.89. The predicted octanol–water partition coefficient (Wildman–Crippen LogP) is 3.14. The van der Waals surface area contributed by atoms with Crippen LogP contribution in [0.5, 0.6) is 0 Å². The molecule has 0 bridgehead atoms. The molecule has 1 heterocycles. The highest BCUT2D eigenvalue weighted by molar-refractivity contribution is 7.07. The van der Waals surface area contributed by atoms with Gasteiger partial charge in [-0.3, -0.25) is 10.1 Å². The molecule has 0 saturated heterocycles. The molecular weight excluding hydrogens is 250 g/mol. The van der Waals surface area contributed by atoms with E-state index in [9.17, 15) is 10.1 Å². The lowest BCUT2D eigenvalue weighted by molar-refractivity contribution is -0.385. The minimum Gasteiger partial charge on any atom is -0.381 e. The highest BCUT2D eigenvalue weighted by Crippen LogP contribution is 2.23. The maximum absolute atomic E-state index is 10.8. The van der Waals surface area contributed by atoms with Gasteiger partial charge in [-0.15, -0.1) is 0 Å². The van der Waals surface area contributed by atoms with E-state index >= 15 is 0 Å². The van der Waals surface area contributed by atoms with Crippen molar-refractivity contribution in [3.63, 3.8) is 0 Å². The van der Waals surface area contributed by atoms with Gasteiger partial charge in [0.2, 0.25) is 0 Å². The summed E-state index contributed by atoms with van der Waals surface area (Å²) in [5, 5.41) is 26.6. The summed E-state index contributed by atoms with van der Waals surface area (Å²) in [7, 11) is 0. The Morgan fingerprint density at radius 3 is 2.89 bits per heavy atom. The van der Waals surface area contributed by atoms with Gasteiger partial charge >= 0.3 is 0 Å². The Morgan fingerprint density at radius 1 is 1.44 bits per heavy atom. The Bertz CT molecular complexity index is 602. The zero-order valence-electron chi connectivity index (χ0n) is 9.29. The molecule has 0 fully saturated rings. The van der Waals surface area contributed by atoms with E-state index in [1.54, 1.807) is 23.5 Å². The Balaban J connectivity index is 2.17. The largest absolute Gasteiger partial charge is 0.381 e. The fourth-order valence-corrected chi connectivity index (χ4v) is 2.15. The molecule has 90 valence electrons. The Kier molecular flexibility index (Phi) is 3.55. The van der Waals surface area contributed by atoms with E-state index in [2.05, 4.69) is 5.32 Å². The molecule has 2 aromatic rings. The summed E-state index contributed by atoms with van der Waals surface area (Å²) in [5.74, 6) is 0. The first kappa shape index (κ1) is 12.1. The zero-order valence-corrected chi connectivity index (χ0v) is 10.1. The number of thiophene rings is 1. The molecule has 0 aliphatic heterocycles. The van der Waals surface area contributed by atoms with Gasteiger partial charge in [0.15, 0.2) is 0 Å². The molecule has 0 amide bonds. The van der Waals surface area contributed by atoms with E-state index in [1.807, 2.05) is 16.8 Å². The summed E-state index contributed by atoms with van der Waals surface area (Å²) in [4.78, 5) is 10.2. The number of hydrogen-bond acceptors (Lipinski definition) is 5. The van der Waals surface area contributed by atoms with Crippen molar-refractivity contribution < 1.29 is 4.92 Å². The minimum absolute atomic E-state index is 0.0704. The number of nitriles is 1.